The zero-order chi connectivity index (χ0) is 18.7. The third-order valence-corrected chi connectivity index (χ3v) is 5.31. The van der Waals surface area contributed by atoms with Crippen LogP contribution in [0.4, 0.5) is 5.82 Å². The quantitative estimate of drug-likeness (QED) is 0.751. The second kappa shape index (κ2) is 7.74. The number of hydrogen-bond donors (Lipinski definition) is 0. The lowest BCUT2D eigenvalue weighted by Crippen LogP contribution is -2.28. The molecule has 2 heterocycles. The van der Waals surface area contributed by atoms with Gasteiger partial charge >= 0.3 is 0 Å². The molecule has 5 nitrogen and oxygen atoms in total. The standard InChI is InChI=1S/C20H21N3O2S/c1-5-23-19(24)18(14(3)15-9-11-16(25-4)12-10-15)26-20(23)22-17-8-6-7-13(2)21-17/h6-12H,5H2,1-4H3/b18-14-,22-20+. The molecule has 2 aromatic rings. The number of carbonyl (C=O) groups is 1. The SMILES string of the molecule is CCN1C(=O)/C(=C(\C)c2ccc(OC)cc2)S/C1=N/c1cccc(C)n1. The summed E-state index contributed by atoms with van der Waals surface area (Å²) in [4.78, 5) is 24.3. The van der Waals surface area contributed by atoms with E-state index >= 15 is 0 Å². The maximum Gasteiger partial charge on any atom is 0.267 e. The van der Waals surface area contributed by atoms with E-state index in [1.54, 1.807) is 12.0 Å². The number of amidine groups is 1. The van der Waals surface area contributed by atoms with E-state index in [-0.39, 0.29) is 5.91 Å². The molecule has 6 heteroatoms. The molecule has 1 aliphatic rings. The van der Waals surface area contributed by atoms with Crippen LogP contribution in [0.25, 0.3) is 5.57 Å². The van der Waals surface area contributed by atoms with Gasteiger partial charge in [0.15, 0.2) is 11.0 Å². The number of hydrogen-bond acceptors (Lipinski definition) is 5. The lowest BCUT2D eigenvalue weighted by atomic mass is 10.1. The number of aromatic nitrogens is 1. The lowest BCUT2D eigenvalue weighted by molar-refractivity contribution is -0.122. The van der Waals surface area contributed by atoms with Crippen LogP contribution in [0.2, 0.25) is 0 Å². The van der Waals surface area contributed by atoms with Crippen molar-refractivity contribution in [3.63, 3.8) is 0 Å². The van der Waals surface area contributed by atoms with Crippen LogP contribution in [0.1, 0.15) is 25.1 Å². The summed E-state index contributed by atoms with van der Waals surface area (Å²) in [5.74, 6) is 1.39. The second-order valence-electron chi connectivity index (χ2n) is 5.87. The average molecular weight is 367 g/mol. The van der Waals surface area contributed by atoms with Crippen LogP contribution < -0.4 is 4.74 Å². The molecule has 1 fully saturated rings. The van der Waals surface area contributed by atoms with Crippen LogP contribution >= 0.6 is 11.8 Å². The van der Waals surface area contributed by atoms with Gasteiger partial charge in [-0.05, 0) is 67.9 Å². The average Bonchev–Trinajstić information content (AvgIpc) is 2.96. The van der Waals surface area contributed by atoms with Crippen molar-refractivity contribution in [2.45, 2.75) is 20.8 Å². The van der Waals surface area contributed by atoms with E-state index in [0.717, 1.165) is 22.6 Å². The summed E-state index contributed by atoms with van der Waals surface area (Å²) in [5, 5.41) is 0.665. The van der Waals surface area contributed by atoms with Crippen LogP contribution in [-0.2, 0) is 4.79 Å². The molecule has 1 amide bonds. The zero-order valence-corrected chi connectivity index (χ0v) is 16.1. The number of likely N-dealkylation sites (N-methyl/N-ethyl adjacent to an activating group) is 1. The molecule has 1 saturated heterocycles. The number of aliphatic imine (C=N–C) groups is 1. The normalized spacial score (nSPS) is 17.8. The molecule has 3 rings (SSSR count). The zero-order valence-electron chi connectivity index (χ0n) is 15.3. The number of aryl methyl sites for hydroxylation is 1. The topological polar surface area (TPSA) is 54.8 Å². The highest BCUT2D eigenvalue weighted by Gasteiger charge is 2.34. The minimum Gasteiger partial charge on any atom is -0.497 e. The van der Waals surface area contributed by atoms with E-state index < -0.39 is 0 Å². The first-order valence-electron chi connectivity index (χ1n) is 8.41. The molecule has 0 radical (unpaired) electrons. The van der Waals surface area contributed by atoms with Crippen LogP contribution in [0.5, 0.6) is 5.75 Å². The summed E-state index contributed by atoms with van der Waals surface area (Å²) in [7, 11) is 1.64. The fourth-order valence-corrected chi connectivity index (χ4v) is 3.77. The van der Waals surface area contributed by atoms with Gasteiger partial charge in [-0.2, -0.15) is 0 Å². The largest absolute Gasteiger partial charge is 0.497 e. The molecule has 1 aliphatic heterocycles. The van der Waals surface area contributed by atoms with Crippen molar-refractivity contribution >= 4 is 34.2 Å². The Morgan fingerprint density at radius 2 is 1.96 bits per heavy atom. The molecular formula is C20H21N3O2S. The third kappa shape index (κ3) is 3.65. The maximum atomic E-state index is 12.9. The van der Waals surface area contributed by atoms with Crippen LogP contribution in [0.15, 0.2) is 52.4 Å². The van der Waals surface area contributed by atoms with Gasteiger partial charge in [-0.3, -0.25) is 9.69 Å². The number of rotatable bonds is 4. The third-order valence-electron chi connectivity index (χ3n) is 4.13. The van der Waals surface area contributed by atoms with Gasteiger partial charge < -0.3 is 4.74 Å². The number of pyridine rings is 1. The molecule has 0 spiro atoms. The molecule has 0 bridgehead atoms. The van der Waals surface area contributed by atoms with E-state index in [1.165, 1.54) is 11.8 Å². The van der Waals surface area contributed by atoms with Gasteiger partial charge in [0.2, 0.25) is 0 Å². The first-order chi connectivity index (χ1) is 12.5. The highest BCUT2D eigenvalue weighted by Crippen LogP contribution is 2.37. The molecule has 26 heavy (non-hydrogen) atoms. The number of amides is 1. The second-order valence-corrected chi connectivity index (χ2v) is 6.84. The first-order valence-corrected chi connectivity index (χ1v) is 9.22. The Bertz CT molecular complexity index is 888. The van der Waals surface area contributed by atoms with Crippen LogP contribution in [0.3, 0.4) is 0 Å². The predicted octanol–water partition coefficient (Wildman–Crippen LogP) is 4.41. The highest BCUT2D eigenvalue weighted by atomic mass is 32.2. The van der Waals surface area contributed by atoms with Crippen molar-refractivity contribution in [3.8, 4) is 5.75 Å². The van der Waals surface area contributed by atoms with E-state index in [0.29, 0.717) is 22.4 Å². The van der Waals surface area contributed by atoms with Crippen molar-refractivity contribution in [1.29, 1.82) is 0 Å². The summed E-state index contributed by atoms with van der Waals surface area (Å²) in [5.41, 5.74) is 2.82. The minimum absolute atomic E-state index is 0.0165. The van der Waals surface area contributed by atoms with Crippen molar-refractivity contribution in [1.82, 2.24) is 9.88 Å². The number of thioether (sulfide) groups is 1. The summed E-state index contributed by atoms with van der Waals surface area (Å²) in [6, 6.07) is 13.4. The monoisotopic (exact) mass is 367 g/mol. The summed E-state index contributed by atoms with van der Waals surface area (Å²) >= 11 is 1.40. The van der Waals surface area contributed by atoms with Gasteiger partial charge in [0.05, 0.1) is 12.0 Å². The molecule has 0 N–H and O–H groups in total. The lowest BCUT2D eigenvalue weighted by Gasteiger charge is -2.12. The summed E-state index contributed by atoms with van der Waals surface area (Å²) < 4.78 is 5.20. The molecule has 0 unspecified atom stereocenters. The Labute approximate surface area is 157 Å². The Morgan fingerprint density at radius 3 is 2.58 bits per heavy atom. The number of allylic oxidation sites excluding steroid dienone is 1. The number of carbonyl (C=O) groups excluding carboxylic acids is 1. The molecular weight excluding hydrogens is 346 g/mol. The molecule has 0 saturated carbocycles. The van der Waals surface area contributed by atoms with Crippen molar-refractivity contribution in [3.05, 3.63) is 58.6 Å². The van der Waals surface area contributed by atoms with E-state index in [9.17, 15) is 4.79 Å². The van der Waals surface area contributed by atoms with Crippen LogP contribution in [-0.4, -0.2) is 34.6 Å². The van der Waals surface area contributed by atoms with Gasteiger partial charge in [-0.25, -0.2) is 9.98 Å². The number of benzene rings is 1. The van der Waals surface area contributed by atoms with Crippen LogP contribution in [0, 0.1) is 6.92 Å². The molecule has 0 aliphatic carbocycles. The van der Waals surface area contributed by atoms with E-state index in [1.807, 2.05) is 63.2 Å². The Balaban J connectivity index is 1.97. The number of nitrogens with zero attached hydrogens (tertiary/aromatic N) is 3. The van der Waals surface area contributed by atoms with Gasteiger partial charge in [0, 0.05) is 12.2 Å². The molecule has 0 atom stereocenters. The van der Waals surface area contributed by atoms with Crippen molar-refractivity contribution < 1.29 is 9.53 Å². The maximum absolute atomic E-state index is 12.9. The Kier molecular flexibility index (Phi) is 5.42. The van der Waals surface area contributed by atoms with Gasteiger partial charge in [-0.15, -0.1) is 0 Å². The first kappa shape index (κ1) is 18.2. The fourth-order valence-electron chi connectivity index (χ4n) is 2.66. The van der Waals surface area contributed by atoms with E-state index in [4.69, 9.17) is 4.74 Å². The van der Waals surface area contributed by atoms with E-state index in [2.05, 4.69) is 9.98 Å². The highest BCUT2D eigenvalue weighted by molar-refractivity contribution is 8.18. The minimum atomic E-state index is -0.0165. The number of ether oxygens (including phenoxy) is 1. The fraction of sp³-hybridized carbons (Fsp3) is 0.250. The molecule has 1 aromatic carbocycles. The Hall–Kier alpha value is -2.60. The predicted molar refractivity (Wildman–Crippen MR) is 107 cm³/mol. The molecule has 1 aromatic heterocycles. The molecule has 134 valence electrons. The summed E-state index contributed by atoms with van der Waals surface area (Å²) in [6.45, 7) is 6.40. The van der Waals surface area contributed by atoms with Crippen molar-refractivity contribution in [2.75, 3.05) is 13.7 Å². The van der Waals surface area contributed by atoms with Gasteiger partial charge in [0.25, 0.3) is 5.91 Å². The van der Waals surface area contributed by atoms with Gasteiger partial charge in [0.1, 0.15) is 5.75 Å². The number of methoxy groups -OCH3 is 1. The van der Waals surface area contributed by atoms with Crippen molar-refractivity contribution in [2.24, 2.45) is 4.99 Å². The Morgan fingerprint density at radius 1 is 1.23 bits per heavy atom. The smallest absolute Gasteiger partial charge is 0.267 e. The summed E-state index contributed by atoms with van der Waals surface area (Å²) in [6.07, 6.45) is 0. The van der Waals surface area contributed by atoms with Gasteiger partial charge in [-0.1, -0.05) is 18.2 Å².